The highest BCUT2D eigenvalue weighted by Crippen LogP contribution is 2.31. The van der Waals surface area contributed by atoms with E-state index < -0.39 is 0 Å². The number of fused-ring (bicyclic) bond motifs is 1. The van der Waals surface area contributed by atoms with Gasteiger partial charge < -0.3 is 14.2 Å². The van der Waals surface area contributed by atoms with E-state index in [-0.39, 0.29) is 6.04 Å². The van der Waals surface area contributed by atoms with Crippen molar-refractivity contribution in [1.82, 2.24) is 5.32 Å². The van der Waals surface area contributed by atoms with Gasteiger partial charge in [-0.15, -0.1) is 0 Å². The lowest BCUT2D eigenvalue weighted by Crippen LogP contribution is -2.16. The molecule has 0 aliphatic rings. The largest absolute Gasteiger partial charge is 0.459 e. The van der Waals surface area contributed by atoms with Crippen molar-refractivity contribution in [3.8, 4) is 0 Å². The predicted molar refractivity (Wildman–Crippen MR) is 78.5 cm³/mol. The van der Waals surface area contributed by atoms with Crippen molar-refractivity contribution in [2.75, 3.05) is 7.05 Å². The zero-order valence-electron chi connectivity index (χ0n) is 10.1. The highest BCUT2D eigenvalue weighted by Gasteiger charge is 2.20. The SMILES string of the molecule is CNC(c1ccc(Br)o1)c1cc2cc(Cl)ccc2o1. The molecule has 3 rings (SSSR count). The van der Waals surface area contributed by atoms with Gasteiger partial charge in [0.15, 0.2) is 4.67 Å². The fourth-order valence-electron chi connectivity index (χ4n) is 2.09. The van der Waals surface area contributed by atoms with Gasteiger partial charge in [0.2, 0.25) is 0 Å². The topological polar surface area (TPSA) is 38.3 Å². The fourth-order valence-corrected chi connectivity index (χ4v) is 2.58. The summed E-state index contributed by atoms with van der Waals surface area (Å²) in [7, 11) is 1.86. The third kappa shape index (κ3) is 2.43. The summed E-state index contributed by atoms with van der Waals surface area (Å²) >= 11 is 9.28. The molecule has 0 saturated carbocycles. The Morgan fingerprint density at radius 2 is 1.95 bits per heavy atom. The van der Waals surface area contributed by atoms with Gasteiger partial charge in [-0.05, 0) is 59.4 Å². The highest BCUT2D eigenvalue weighted by atomic mass is 79.9. The van der Waals surface area contributed by atoms with Crippen molar-refractivity contribution < 1.29 is 8.83 Å². The first kappa shape index (κ1) is 12.8. The molecule has 19 heavy (non-hydrogen) atoms. The fraction of sp³-hybridized carbons (Fsp3) is 0.143. The minimum absolute atomic E-state index is 0.127. The van der Waals surface area contributed by atoms with E-state index in [0.29, 0.717) is 9.69 Å². The molecule has 1 unspecified atom stereocenters. The summed E-state index contributed by atoms with van der Waals surface area (Å²) in [6.45, 7) is 0. The number of hydrogen-bond acceptors (Lipinski definition) is 3. The van der Waals surface area contributed by atoms with Crippen LogP contribution in [0.25, 0.3) is 11.0 Å². The molecule has 0 radical (unpaired) electrons. The van der Waals surface area contributed by atoms with E-state index >= 15 is 0 Å². The summed E-state index contributed by atoms with van der Waals surface area (Å²) in [5.41, 5.74) is 0.810. The number of rotatable bonds is 3. The van der Waals surface area contributed by atoms with Gasteiger partial charge in [0, 0.05) is 10.4 Å². The normalized spacial score (nSPS) is 13.0. The molecule has 0 aliphatic heterocycles. The van der Waals surface area contributed by atoms with Crippen molar-refractivity contribution in [3.63, 3.8) is 0 Å². The quantitative estimate of drug-likeness (QED) is 0.747. The van der Waals surface area contributed by atoms with Crippen LogP contribution in [0.5, 0.6) is 0 Å². The van der Waals surface area contributed by atoms with Gasteiger partial charge in [0.1, 0.15) is 23.1 Å². The monoisotopic (exact) mass is 339 g/mol. The molecule has 1 aromatic carbocycles. The van der Waals surface area contributed by atoms with Crippen LogP contribution >= 0.6 is 27.5 Å². The third-order valence-electron chi connectivity index (χ3n) is 2.95. The number of halogens is 2. The Balaban J connectivity index is 2.06. The Morgan fingerprint density at radius 1 is 1.11 bits per heavy atom. The van der Waals surface area contributed by atoms with Crippen molar-refractivity contribution in [2.45, 2.75) is 6.04 Å². The Labute approximate surface area is 123 Å². The lowest BCUT2D eigenvalue weighted by molar-refractivity contribution is 0.405. The van der Waals surface area contributed by atoms with E-state index in [9.17, 15) is 0 Å². The summed E-state index contributed by atoms with van der Waals surface area (Å²) in [5.74, 6) is 1.58. The smallest absolute Gasteiger partial charge is 0.169 e. The van der Waals surface area contributed by atoms with Crippen molar-refractivity contribution in [3.05, 3.63) is 57.6 Å². The molecule has 0 aliphatic carbocycles. The maximum atomic E-state index is 5.98. The lowest BCUT2D eigenvalue weighted by Gasteiger charge is -2.09. The van der Waals surface area contributed by atoms with Crippen LogP contribution in [-0.4, -0.2) is 7.05 Å². The first-order chi connectivity index (χ1) is 9.17. The van der Waals surface area contributed by atoms with E-state index in [0.717, 1.165) is 22.5 Å². The highest BCUT2D eigenvalue weighted by molar-refractivity contribution is 9.10. The van der Waals surface area contributed by atoms with E-state index in [1.54, 1.807) is 0 Å². The van der Waals surface area contributed by atoms with E-state index in [2.05, 4.69) is 21.2 Å². The standard InChI is InChI=1S/C14H11BrClNO2/c1-17-14(11-4-5-13(15)19-11)12-7-8-6-9(16)2-3-10(8)18-12/h2-7,14,17H,1H3. The van der Waals surface area contributed by atoms with Gasteiger partial charge in [0.05, 0.1) is 0 Å². The van der Waals surface area contributed by atoms with Crippen LogP contribution in [0.1, 0.15) is 17.6 Å². The maximum absolute atomic E-state index is 5.98. The molecular formula is C14H11BrClNO2. The Hall–Kier alpha value is -1.23. The first-order valence-corrected chi connectivity index (χ1v) is 6.96. The van der Waals surface area contributed by atoms with Gasteiger partial charge in [-0.3, -0.25) is 0 Å². The van der Waals surface area contributed by atoms with Gasteiger partial charge in [-0.25, -0.2) is 0 Å². The van der Waals surface area contributed by atoms with Crippen LogP contribution in [0.4, 0.5) is 0 Å². The number of nitrogens with one attached hydrogen (secondary N) is 1. The molecule has 3 aromatic rings. The van der Waals surface area contributed by atoms with Crippen LogP contribution in [0.15, 0.2) is 49.9 Å². The van der Waals surface area contributed by atoms with Gasteiger partial charge >= 0.3 is 0 Å². The molecule has 0 fully saturated rings. The lowest BCUT2D eigenvalue weighted by atomic mass is 10.1. The van der Waals surface area contributed by atoms with Gasteiger partial charge in [-0.2, -0.15) is 0 Å². The molecule has 0 bridgehead atoms. The van der Waals surface area contributed by atoms with Crippen LogP contribution in [0.3, 0.4) is 0 Å². The summed E-state index contributed by atoms with van der Waals surface area (Å²) in [5, 5.41) is 4.86. The number of furan rings is 2. The second-order valence-corrected chi connectivity index (χ2v) is 5.41. The van der Waals surface area contributed by atoms with Crippen LogP contribution in [0, 0.1) is 0 Å². The molecule has 2 heterocycles. The van der Waals surface area contributed by atoms with E-state index in [1.165, 1.54) is 0 Å². The second-order valence-electron chi connectivity index (χ2n) is 4.19. The number of benzene rings is 1. The molecule has 3 nitrogen and oxygen atoms in total. The molecule has 0 spiro atoms. The summed E-state index contributed by atoms with van der Waals surface area (Å²) in [4.78, 5) is 0. The van der Waals surface area contributed by atoms with E-state index in [1.807, 2.05) is 43.4 Å². The molecule has 0 amide bonds. The zero-order chi connectivity index (χ0) is 13.4. The Morgan fingerprint density at radius 3 is 2.63 bits per heavy atom. The minimum atomic E-state index is -0.127. The van der Waals surface area contributed by atoms with Crippen LogP contribution in [0.2, 0.25) is 5.02 Å². The van der Waals surface area contributed by atoms with Crippen molar-refractivity contribution in [2.24, 2.45) is 0 Å². The van der Waals surface area contributed by atoms with E-state index in [4.69, 9.17) is 20.4 Å². The number of hydrogen-bond donors (Lipinski definition) is 1. The summed E-state index contributed by atoms with van der Waals surface area (Å²) < 4.78 is 12.1. The molecule has 0 saturated heterocycles. The third-order valence-corrected chi connectivity index (χ3v) is 3.61. The average Bonchev–Trinajstić information content (AvgIpc) is 2.96. The molecule has 5 heteroatoms. The molecule has 2 aromatic heterocycles. The van der Waals surface area contributed by atoms with Crippen LogP contribution in [-0.2, 0) is 0 Å². The molecule has 1 N–H and O–H groups in total. The summed E-state index contributed by atoms with van der Waals surface area (Å²) in [6.07, 6.45) is 0. The molecule has 1 atom stereocenters. The maximum Gasteiger partial charge on any atom is 0.169 e. The second kappa shape index (κ2) is 5.04. The predicted octanol–water partition coefficient (Wildman–Crippen LogP) is 4.75. The summed E-state index contributed by atoms with van der Waals surface area (Å²) in [6, 6.07) is 11.2. The average molecular weight is 341 g/mol. The van der Waals surface area contributed by atoms with Crippen LogP contribution < -0.4 is 5.32 Å². The van der Waals surface area contributed by atoms with Gasteiger partial charge in [-0.1, -0.05) is 11.6 Å². The molecule has 98 valence electrons. The van der Waals surface area contributed by atoms with Crippen molar-refractivity contribution in [1.29, 1.82) is 0 Å². The Kier molecular flexibility index (Phi) is 3.39. The van der Waals surface area contributed by atoms with Gasteiger partial charge in [0.25, 0.3) is 0 Å². The minimum Gasteiger partial charge on any atom is -0.459 e. The van der Waals surface area contributed by atoms with Crippen molar-refractivity contribution >= 4 is 38.5 Å². The Bertz CT molecular complexity index is 719. The molecular weight excluding hydrogens is 330 g/mol. The zero-order valence-corrected chi connectivity index (χ0v) is 12.5. The first-order valence-electron chi connectivity index (χ1n) is 5.79.